The van der Waals surface area contributed by atoms with Crippen LogP contribution in [0.15, 0.2) is 28.2 Å². The molecule has 21 heavy (non-hydrogen) atoms. The molecule has 1 aliphatic carbocycles. The summed E-state index contributed by atoms with van der Waals surface area (Å²) in [7, 11) is 0. The first-order valence-corrected chi connectivity index (χ1v) is 8.08. The van der Waals surface area contributed by atoms with E-state index in [2.05, 4.69) is 10.2 Å². The highest BCUT2D eigenvalue weighted by Gasteiger charge is 2.28. The van der Waals surface area contributed by atoms with Gasteiger partial charge in [0.05, 0.1) is 10.8 Å². The molecule has 8 heteroatoms. The quantitative estimate of drug-likeness (QED) is 0.668. The van der Waals surface area contributed by atoms with Gasteiger partial charge in [0.2, 0.25) is 0 Å². The van der Waals surface area contributed by atoms with E-state index in [1.807, 2.05) is 0 Å². The van der Waals surface area contributed by atoms with Crippen molar-refractivity contribution in [3.05, 3.63) is 44.3 Å². The highest BCUT2D eigenvalue weighted by atomic mass is 35.5. The SMILES string of the molecule is O=C(CSc1n[nH]c(=O)n1C1CC1)c1ccc(Cl)cc1Cl. The van der Waals surface area contributed by atoms with Gasteiger partial charge in [-0.1, -0.05) is 35.0 Å². The molecule has 0 aliphatic heterocycles. The van der Waals surface area contributed by atoms with Gasteiger partial charge in [0, 0.05) is 16.6 Å². The van der Waals surface area contributed by atoms with Crippen LogP contribution in [0.5, 0.6) is 0 Å². The molecule has 0 radical (unpaired) electrons. The van der Waals surface area contributed by atoms with Crippen LogP contribution in [0.1, 0.15) is 29.2 Å². The number of carbonyl (C=O) groups is 1. The zero-order valence-corrected chi connectivity index (χ0v) is 13.1. The fraction of sp³-hybridized carbons (Fsp3) is 0.308. The van der Waals surface area contributed by atoms with Gasteiger partial charge in [-0.2, -0.15) is 0 Å². The van der Waals surface area contributed by atoms with Crippen molar-refractivity contribution >= 4 is 40.7 Å². The van der Waals surface area contributed by atoms with Crippen LogP contribution >= 0.6 is 35.0 Å². The third kappa shape index (κ3) is 3.17. The summed E-state index contributed by atoms with van der Waals surface area (Å²) in [5.41, 5.74) is 0.196. The largest absolute Gasteiger partial charge is 0.344 e. The molecule has 1 aromatic heterocycles. The molecule has 0 bridgehead atoms. The molecule has 1 heterocycles. The van der Waals surface area contributed by atoms with E-state index in [0.29, 0.717) is 20.8 Å². The minimum absolute atomic E-state index is 0.125. The van der Waals surface area contributed by atoms with Crippen molar-refractivity contribution in [2.45, 2.75) is 24.0 Å². The lowest BCUT2D eigenvalue weighted by Gasteiger charge is -2.05. The number of hydrogen-bond donors (Lipinski definition) is 1. The van der Waals surface area contributed by atoms with E-state index < -0.39 is 0 Å². The summed E-state index contributed by atoms with van der Waals surface area (Å²) in [5.74, 6) is 0.0395. The van der Waals surface area contributed by atoms with Gasteiger partial charge in [-0.3, -0.25) is 9.36 Å². The van der Waals surface area contributed by atoms with Crippen molar-refractivity contribution in [1.82, 2.24) is 14.8 Å². The van der Waals surface area contributed by atoms with Gasteiger partial charge in [-0.05, 0) is 31.0 Å². The second-order valence-electron chi connectivity index (χ2n) is 4.75. The third-order valence-corrected chi connectivity index (χ3v) is 4.65. The maximum Gasteiger partial charge on any atom is 0.344 e. The molecule has 0 unspecified atom stereocenters. The topological polar surface area (TPSA) is 67.8 Å². The Balaban J connectivity index is 1.73. The molecule has 1 aromatic carbocycles. The fourth-order valence-electron chi connectivity index (χ4n) is 1.97. The summed E-state index contributed by atoms with van der Waals surface area (Å²) < 4.78 is 1.61. The van der Waals surface area contributed by atoms with Crippen LogP contribution in [0, 0.1) is 0 Å². The standard InChI is InChI=1S/C13H11Cl2N3O2S/c14-7-1-4-9(10(15)5-7)11(19)6-21-13-17-16-12(20)18(13)8-2-3-8/h1,4-5,8H,2-3,6H2,(H,16,20). The highest BCUT2D eigenvalue weighted by Crippen LogP contribution is 2.36. The monoisotopic (exact) mass is 343 g/mol. The number of ketones is 1. The molecule has 1 fully saturated rings. The van der Waals surface area contributed by atoms with Crippen molar-refractivity contribution in [3.63, 3.8) is 0 Å². The van der Waals surface area contributed by atoms with Crippen LogP contribution in [0.3, 0.4) is 0 Å². The summed E-state index contributed by atoms with van der Waals surface area (Å²) in [6, 6.07) is 4.98. The van der Waals surface area contributed by atoms with Gasteiger partial charge in [0.15, 0.2) is 10.9 Å². The molecule has 0 spiro atoms. The Morgan fingerprint density at radius 1 is 1.43 bits per heavy atom. The Morgan fingerprint density at radius 3 is 2.86 bits per heavy atom. The molecular formula is C13H11Cl2N3O2S. The Bertz CT molecular complexity index is 752. The average molecular weight is 344 g/mol. The number of Topliss-reactive ketones (excluding diaryl/α,β-unsaturated/α-hetero) is 1. The maximum atomic E-state index is 12.2. The van der Waals surface area contributed by atoms with Gasteiger partial charge < -0.3 is 0 Å². The van der Waals surface area contributed by atoms with Gasteiger partial charge >= 0.3 is 5.69 Å². The normalized spacial score (nSPS) is 14.4. The number of H-pyrrole nitrogens is 1. The smallest absolute Gasteiger partial charge is 0.293 e. The van der Waals surface area contributed by atoms with Gasteiger partial charge in [0.1, 0.15) is 0 Å². The van der Waals surface area contributed by atoms with Crippen molar-refractivity contribution < 1.29 is 4.79 Å². The minimum atomic E-state index is -0.225. The second kappa shape index (κ2) is 5.87. The molecule has 2 aromatic rings. The average Bonchev–Trinajstić information content (AvgIpc) is 3.20. The number of hydrogen-bond acceptors (Lipinski definition) is 4. The Morgan fingerprint density at radius 2 is 2.19 bits per heavy atom. The van der Waals surface area contributed by atoms with E-state index >= 15 is 0 Å². The van der Waals surface area contributed by atoms with E-state index in [0.717, 1.165) is 12.8 Å². The number of benzene rings is 1. The summed E-state index contributed by atoms with van der Waals surface area (Å²) in [6.07, 6.45) is 1.95. The Labute approximate surface area is 134 Å². The lowest BCUT2D eigenvalue weighted by molar-refractivity contribution is 0.102. The summed E-state index contributed by atoms with van der Waals surface area (Å²) in [4.78, 5) is 23.8. The van der Waals surface area contributed by atoms with Crippen molar-refractivity contribution in [1.29, 1.82) is 0 Å². The fourth-order valence-corrected chi connectivity index (χ4v) is 3.38. The summed E-state index contributed by atoms with van der Waals surface area (Å²) in [5, 5.41) is 7.74. The second-order valence-corrected chi connectivity index (χ2v) is 6.53. The van der Waals surface area contributed by atoms with Crippen molar-refractivity contribution in [2.75, 3.05) is 5.75 Å². The molecule has 1 N–H and O–H groups in total. The molecule has 1 saturated carbocycles. The van der Waals surface area contributed by atoms with Gasteiger partial charge in [-0.15, -0.1) is 5.10 Å². The number of rotatable bonds is 5. The zero-order chi connectivity index (χ0) is 15.0. The molecule has 0 atom stereocenters. The first-order chi connectivity index (χ1) is 10.1. The van der Waals surface area contributed by atoms with Crippen molar-refractivity contribution in [2.24, 2.45) is 0 Å². The molecule has 0 saturated heterocycles. The van der Waals surface area contributed by atoms with E-state index in [-0.39, 0.29) is 23.3 Å². The lowest BCUT2D eigenvalue weighted by atomic mass is 10.1. The van der Waals surface area contributed by atoms with Crippen LogP contribution < -0.4 is 5.69 Å². The summed E-state index contributed by atoms with van der Waals surface area (Å²) >= 11 is 13.0. The van der Waals surface area contributed by atoms with Crippen LogP contribution in [0.25, 0.3) is 0 Å². The molecule has 1 aliphatic rings. The van der Waals surface area contributed by atoms with Crippen LogP contribution in [-0.4, -0.2) is 26.3 Å². The molecular weight excluding hydrogens is 333 g/mol. The number of thioether (sulfide) groups is 1. The molecule has 0 amide bonds. The number of nitrogens with zero attached hydrogens (tertiary/aromatic N) is 2. The van der Waals surface area contributed by atoms with Gasteiger partial charge in [-0.25, -0.2) is 9.89 Å². The van der Waals surface area contributed by atoms with E-state index in [4.69, 9.17) is 23.2 Å². The predicted molar refractivity (Wildman–Crippen MR) is 82.6 cm³/mol. The molecule has 3 rings (SSSR count). The number of aromatic nitrogens is 3. The first-order valence-electron chi connectivity index (χ1n) is 6.34. The first kappa shape index (κ1) is 14.7. The molecule has 110 valence electrons. The third-order valence-electron chi connectivity index (χ3n) is 3.15. The maximum absolute atomic E-state index is 12.2. The predicted octanol–water partition coefficient (Wildman–Crippen LogP) is 3.19. The Kier molecular flexibility index (Phi) is 4.10. The van der Waals surface area contributed by atoms with Gasteiger partial charge in [0.25, 0.3) is 0 Å². The van der Waals surface area contributed by atoms with Crippen LogP contribution in [-0.2, 0) is 0 Å². The number of nitrogens with one attached hydrogen (secondary N) is 1. The van der Waals surface area contributed by atoms with Crippen LogP contribution in [0.2, 0.25) is 10.0 Å². The summed E-state index contributed by atoms with van der Waals surface area (Å²) in [6.45, 7) is 0. The minimum Gasteiger partial charge on any atom is -0.293 e. The number of carbonyl (C=O) groups excluding carboxylic acids is 1. The Hall–Kier alpha value is -1.24. The van der Waals surface area contributed by atoms with E-state index in [1.165, 1.54) is 17.8 Å². The number of halogens is 2. The lowest BCUT2D eigenvalue weighted by Crippen LogP contribution is -2.16. The van der Waals surface area contributed by atoms with Crippen molar-refractivity contribution in [3.8, 4) is 0 Å². The number of aromatic amines is 1. The van der Waals surface area contributed by atoms with E-state index in [1.54, 1.807) is 16.7 Å². The zero-order valence-electron chi connectivity index (χ0n) is 10.8. The van der Waals surface area contributed by atoms with Crippen LogP contribution in [0.4, 0.5) is 0 Å². The van der Waals surface area contributed by atoms with E-state index in [9.17, 15) is 9.59 Å². The molecule has 5 nitrogen and oxygen atoms in total. The highest BCUT2D eigenvalue weighted by molar-refractivity contribution is 7.99.